The van der Waals surface area contributed by atoms with E-state index in [4.69, 9.17) is 19.2 Å². The van der Waals surface area contributed by atoms with E-state index in [0.29, 0.717) is 41.9 Å². The summed E-state index contributed by atoms with van der Waals surface area (Å²) in [6.45, 7) is 9.52. The van der Waals surface area contributed by atoms with Gasteiger partial charge in [0, 0.05) is 49.7 Å². The number of nitrogens with one attached hydrogen (secondary N) is 1. The molecule has 6 rings (SSSR count). The molecule has 1 unspecified atom stereocenters. The number of amides is 1. The Morgan fingerprint density at radius 2 is 1.62 bits per heavy atom. The maximum absolute atomic E-state index is 13.9. The van der Waals surface area contributed by atoms with Crippen molar-refractivity contribution >= 4 is 22.9 Å². The normalized spacial score (nSPS) is 18.6. The lowest BCUT2D eigenvalue weighted by Gasteiger charge is -2.36. The predicted octanol–water partition coefficient (Wildman–Crippen LogP) is 6.78. The molecule has 3 aromatic carbocycles. The van der Waals surface area contributed by atoms with Crippen LogP contribution in [-0.2, 0) is 12.0 Å². The molecule has 0 saturated carbocycles. The summed E-state index contributed by atoms with van der Waals surface area (Å²) in [6, 6.07) is 23.0. The SMILES string of the molecule is COc1cc(C(=O)N2CCC(CCN3CCC(Nc4nc5ccccc5n4CC=C(C)C)CC3)(c3ccccc3)C2)cc(OC)c1OC. The van der Waals surface area contributed by atoms with Gasteiger partial charge in [0.15, 0.2) is 11.5 Å². The third-order valence-corrected chi connectivity index (χ3v) is 10.1. The highest BCUT2D eigenvalue weighted by atomic mass is 16.5. The summed E-state index contributed by atoms with van der Waals surface area (Å²) >= 11 is 0. The zero-order chi connectivity index (χ0) is 33.7. The van der Waals surface area contributed by atoms with Crippen LogP contribution in [0.5, 0.6) is 17.2 Å². The minimum Gasteiger partial charge on any atom is -0.493 e. The Kier molecular flexibility index (Phi) is 10.2. The molecule has 3 heterocycles. The van der Waals surface area contributed by atoms with Gasteiger partial charge in [-0.1, -0.05) is 54.1 Å². The number of carbonyl (C=O) groups excluding carboxylic acids is 1. The fraction of sp³-hybridized carbons (Fsp3) is 0.436. The number of methoxy groups -OCH3 is 3. The van der Waals surface area contributed by atoms with E-state index >= 15 is 0 Å². The number of piperidine rings is 1. The van der Waals surface area contributed by atoms with Crippen LogP contribution in [0.4, 0.5) is 5.95 Å². The van der Waals surface area contributed by atoms with Gasteiger partial charge in [0.25, 0.3) is 5.91 Å². The Bertz CT molecular complexity index is 1710. The maximum Gasteiger partial charge on any atom is 0.254 e. The molecule has 48 heavy (non-hydrogen) atoms. The number of fused-ring (bicyclic) bond motifs is 1. The molecule has 0 radical (unpaired) electrons. The molecule has 0 aliphatic carbocycles. The Balaban J connectivity index is 1.12. The van der Waals surface area contributed by atoms with Gasteiger partial charge in [-0.15, -0.1) is 0 Å². The van der Waals surface area contributed by atoms with Crippen LogP contribution in [-0.4, -0.2) is 85.4 Å². The number of likely N-dealkylation sites (tertiary alicyclic amines) is 2. The topological polar surface area (TPSA) is 81.1 Å². The van der Waals surface area contributed by atoms with E-state index < -0.39 is 0 Å². The van der Waals surface area contributed by atoms with Crippen LogP contribution in [0, 0.1) is 0 Å². The first-order valence-electron chi connectivity index (χ1n) is 17.1. The number of nitrogens with zero attached hydrogens (tertiary/aromatic N) is 4. The van der Waals surface area contributed by atoms with Gasteiger partial charge in [0.1, 0.15) is 0 Å². The van der Waals surface area contributed by atoms with Crippen LogP contribution in [0.3, 0.4) is 0 Å². The molecule has 4 aromatic rings. The second kappa shape index (κ2) is 14.7. The number of anilines is 1. The van der Waals surface area contributed by atoms with Gasteiger partial charge in [0.05, 0.1) is 32.4 Å². The molecular formula is C39H49N5O4. The second-order valence-electron chi connectivity index (χ2n) is 13.4. The zero-order valence-electron chi connectivity index (χ0n) is 29.0. The quantitative estimate of drug-likeness (QED) is 0.169. The number of allylic oxidation sites excluding steroid dienone is 2. The molecule has 1 amide bonds. The molecule has 2 fully saturated rings. The minimum atomic E-state index is -0.109. The average molecular weight is 652 g/mol. The number of benzene rings is 3. The van der Waals surface area contributed by atoms with Crippen molar-refractivity contribution in [3.05, 3.63) is 89.5 Å². The first-order chi connectivity index (χ1) is 23.3. The number of rotatable bonds is 12. The molecule has 2 saturated heterocycles. The van der Waals surface area contributed by atoms with Crippen molar-refractivity contribution in [2.45, 2.75) is 57.5 Å². The van der Waals surface area contributed by atoms with Gasteiger partial charge >= 0.3 is 0 Å². The summed E-state index contributed by atoms with van der Waals surface area (Å²) in [5.74, 6) is 2.39. The summed E-state index contributed by atoms with van der Waals surface area (Å²) in [4.78, 5) is 23.4. The van der Waals surface area contributed by atoms with Crippen molar-refractivity contribution in [3.63, 3.8) is 0 Å². The monoisotopic (exact) mass is 651 g/mol. The van der Waals surface area contributed by atoms with Gasteiger partial charge in [0.2, 0.25) is 11.7 Å². The number of ether oxygens (including phenoxy) is 3. The summed E-state index contributed by atoms with van der Waals surface area (Å²) in [5.41, 5.74) is 5.23. The lowest BCUT2D eigenvalue weighted by molar-refractivity contribution is 0.0779. The van der Waals surface area contributed by atoms with Crippen LogP contribution < -0.4 is 19.5 Å². The molecular weight excluding hydrogens is 602 g/mol. The van der Waals surface area contributed by atoms with Gasteiger partial charge in [-0.2, -0.15) is 0 Å². The van der Waals surface area contributed by atoms with Crippen molar-refractivity contribution in [1.29, 1.82) is 0 Å². The third kappa shape index (κ3) is 7.02. The third-order valence-electron chi connectivity index (χ3n) is 10.1. The number of imidazole rings is 1. The van der Waals surface area contributed by atoms with Crippen LogP contribution in [0.2, 0.25) is 0 Å². The van der Waals surface area contributed by atoms with Crippen molar-refractivity contribution in [2.24, 2.45) is 0 Å². The van der Waals surface area contributed by atoms with Crippen LogP contribution in [0.15, 0.2) is 78.4 Å². The first kappa shape index (κ1) is 33.4. The minimum absolute atomic E-state index is 0.0189. The number of para-hydroxylation sites is 2. The van der Waals surface area contributed by atoms with E-state index in [0.717, 1.165) is 68.8 Å². The first-order valence-corrected chi connectivity index (χ1v) is 17.1. The van der Waals surface area contributed by atoms with E-state index in [1.165, 1.54) is 11.1 Å². The average Bonchev–Trinajstić information content (AvgIpc) is 3.72. The van der Waals surface area contributed by atoms with Crippen molar-refractivity contribution in [1.82, 2.24) is 19.4 Å². The largest absolute Gasteiger partial charge is 0.493 e. The molecule has 0 bridgehead atoms. The van der Waals surface area contributed by atoms with Crippen molar-refractivity contribution in [2.75, 3.05) is 59.4 Å². The fourth-order valence-electron chi connectivity index (χ4n) is 7.31. The number of hydrogen-bond acceptors (Lipinski definition) is 7. The summed E-state index contributed by atoms with van der Waals surface area (Å²) in [5, 5.41) is 3.80. The van der Waals surface area contributed by atoms with Crippen LogP contribution in [0.1, 0.15) is 55.5 Å². The molecule has 1 aromatic heterocycles. The Morgan fingerprint density at radius 3 is 2.29 bits per heavy atom. The number of aromatic nitrogens is 2. The smallest absolute Gasteiger partial charge is 0.254 e. The van der Waals surface area contributed by atoms with Gasteiger partial charge < -0.3 is 33.9 Å². The van der Waals surface area contributed by atoms with E-state index in [2.05, 4.69) is 89.3 Å². The standard InChI is InChI=1S/C39H49N5O4/c1-28(2)15-22-44-33-14-10-9-13-32(33)41-38(44)40-31-16-20-42(21-17-31)23-18-39(30-11-7-6-8-12-30)19-24-43(27-39)37(45)29-25-34(46-3)36(48-5)35(26-29)47-4/h6-15,25-26,31H,16-24,27H2,1-5H3,(H,40,41). The van der Waals surface area contributed by atoms with Gasteiger partial charge in [-0.3, -0.25) is 4.79 Å². The Labute approximate surface area is 284 Å². The Morgan fingerprint density at radius 1 is 0.938 bits per heavy atom. The molecule has 254 valence electrons. The van der Waals surface area contributed by atoms with Crippen molar-refractivity contribution < 1.29 is 19.0 Å². The van der Waals surface area contributed by atoms with Gasteiger partial charge in [-0.05, 0) is 75.9 Å². The Hall–Kier alpha value is -4.50. The highest BCUT2D eigenvalue weighted by molar-refractivity contribution is 5.96. The highest BCUT2D eigenvalue weighted by Crippen LogP contribution is 2.41. The zero-order valence-corrected chi connectivity index (χ0v) is 29.0. The maximum atomic E-state index is 13.9. The van der Waals surface area contributed by atoms with Gasteiger partial charge in [-0.25, -0.2) is 4.98 Å². The second-order valence-corrected chi connectivity index (χ2v) is 13.4. The van der Waals surface area contributed by atoms with Crippen LogP contribution in [0.25, 0.3) is 11.0 Å². The molecule has 1 atom stereocenters. The summed E-state index contributed by atoms with van der Waals surface area (Å²) in [6.07, 6.45) is 6.30. The predicted molar refractivity (Wildman–Crippen MR) is 192 cm³/mol. The van der Waals surface area contributed by atoms with Crippen molar-refractivity contribution in [3.8, 4) is 17.2 Å². The molecule has 9 heteroatoms. The molecule has 0 spiro atoms. The fourth-order valence-corrected chi connectivity index (χ4v) is 7.31. The van der Waals surface area contributed by atoms with E-state index in [1.807, 2.05) is 4.90 Å². The number of hydrogen-bond donors (Lipinski definition) is 1. The number of carbonyl (C=O) groups is 1. The van der Waals surface area contributed by atoms with E-state index in [9.17, 15) is 4.79 Å². The summed E-state index contributed by atoms with van der Waals surface area (Å²) in [7, 11) is 4.71. The molecule has 1 N–H and O–H groups in total. The highest BCUT2D eigenvalue weighted by Gasteiger charge is 2.42. The molecule has 2 aliphatic heterocycles. The van der Waals surface area contributed by atoms with E-state index in [-0.39, 0.29) is 11.3 Å². The van der Waals surface area contributed by atoms with E-state index in [1.54, 1.807) is 33.5 Å². The lowest BCUT2D eigenvalue weighted by atomic mass is 9.76. The summed E-state index contributed by atoms with van der Waals surface area (Å²) < 4.78 is 18.8. The van der Waals surface area contributed by atoms with Crippen LogP contribution >= 0.6 is 0 Å². The molecule has 2 aliphatic rings. The lowest BCUT2D eigenvalue weighted by Crippen LogP contribution is -2.42. The molecule has 9 nitrogen and oxygen atoms in total.